The fourth-order valence-electron chi connectivity index (χ4n) is 3.66. The molecule has 0 aromatic rings. The summed E-state index contributed by atoms with van der Waals surface area (Å²) in [5.41, 5.74) is -0.729. The maximum Gasteiger partial charge on any atom is 0.407 e. The molecule has 0 fully saturated rings. The van der Waals surface area contributed by atoms with Gasteiger partial charge in [-0.05, 0) is 33.6 Å². The van der Waals surface area contributed by atoms with Crippen molar-refractivity contribution in [1.82, 2.24) is 40.4 Å². The van der Waals surface area contributed by atoms with Crippen LogP contribution in [0.1, 0.15) is 33.6 Å². The summed E-state index contributed by atoms with van der Waals surface area (Å²) in [6.07, 6.45) is -0.111. The largest absolute Gasteiger partial charge is 0.480 e. The van der Waals surface area contributed by atoms with Gasteiger partial charge in [-0.3, -0.25) is 38.4 Å². The molecule has 0 aliphatic heterocycles. The molecule has 8 amide bonds. The second-order valence-corrected chi connectivity index (χ2v) is 11.8. The molecule has 0 rings (SSSR count). The minimum Gasteiger partial charge on any atom is -0.480 e. The van der Waals surface area contributed by atoms with Gasteiger partial charge in [-0.2, -0.15) is 0 Å². The highest BCUT2D eigenvalue weighted by Gasteiger charge is 2.28. The Kier molecular flexibility index (Phi) is 18.1. The van der Waals surface area contributed by atoms with Crippen molar-refractivity contribution >= 4 is 53.9 Å². The fraction of sp³-hybridized carbons (Fsp3) is 0.679. The molecule has 1 atom stereocenters. The SMILES string of the molecule is CN(CC(=O)O)C(=O)CN(C)C(=O)CN(C)C(=O)C(CCCNC(=O)OC(C)(C)C)NC(=O)CN(C)C(=O)CN(C)C(=O)CNC=O. The maximum atomic E-state index is 13.4. The first kappa shape index (κ1) is 42.0. The van der Waals surface area contributed by atoms with Crippen molar-refractivity contribution in [3.8, 4) is 0 Å². The second kappa shape index (κ2) is 20.2. The van der Waals surface area contributed by atoms with Gasteiger partial charge in [-0.15, -0.1) is 0 Å². The van der Waals surface area contributed by atoms with Crippen molar-refractivity contribution in [2.75, 3.05) is 81.1 Å². The van der Waals surface area contributed by atoms with Crippen molar-refractivity contribution in [2.24, 2.45) is 0 Å². The Balaban J connectivity index is 5.47. The number of carbonyl (C=O) groups is 9. The van der Waals surface area contributed by atoms with E-state index in [9.17, 15) is 43.2 Å². The summed E-state index contributed by atoms with van der Waals surface area (Å²) in [7, 11) is 6.56. The molecule has 1 unspecified atom stereocenters. The van der Waals surface area contributed by atoms with Crippen LogP contribution in [0.5, 0.6) is 0 Å². The number of hydrogen-bond donors (Lipinski definition) is 4. The number of carboxylic acids is 1. The number of alkyl carbamates (subject to hydrolysis) is 1. The molecule has 0 aliphatic carbocycles. The zero-order valence-electron chi connectivity index (χ0n) is 28.3. The van der Waals surface area contributed by atoms with E-state index in [0.717, 1.165) is 24.5 Å². The van der Waals surface area contributed by atoms with Gasteiger partial charge in [0.25, 0.3) is 0 Å². The first-order valence-electron chi connectivity index (χ1n) is 14.5. The molecule has 0 aromatic carbocycles. The van der Waals surface area contributed by atoms with Crippen LogP contribution in [0, 0.1) is 0 Å². The van der Waals surface area contributed by atoms with Crippen LogP contribution in [-0.4, -0.2) is 176 Å². The van der Waals surface area contributed by atoms with Crippen LogP contribution in [0.25, 0.3) is 0 Å². The number of likely N-dealkylation sites (N-methyl/N-ethyl adjacent to an activating group) is 5. The summed E-state index contributed by atoms with van der Waals surface area (Å²) in [4.78, 5) is 114. The lowest BCUT2D eigenvalue weighted by Gasteiger charge is -2.27. The standard InChI is InChI=1S/C28H48N8O11/c1-28(2,3)47-27(46)30-11-9-10-19(31-20(38)13-32(4)22(40)14-33(5)21(39)12-29-18-37)26(45)36(8)16-24(42)34(6)15-23(41)35(7)17-25(43)44/h18-19H,9-17H2,1-8H3,(H,29,37)(H,30,46)(H,31,38)(H,43,44). The lowest BCUT2D eigenvalue weighted by atomic mass is 10.1. The molecule has 0 aliphatic rings. The number of carbonyl (C=O) groups excluding carboxylic acids is 8. The Morgan fingerprint density at radius 3 is 1.68 bits per heavy atom. The molecule has 19 nitrogen and oxygen atoms in total. The van der Waals surface area contributed by atoms with E-state index in [1.165, 1.54) is 35.2 Å². The summed E-state index contributed by atoms with van der Waals surface area (Å²) in [6, 6.07) is -1.18. The van der Waals surface area contributed by atoms with E-state index in [1.807, 2.05) is 0 Å². The average Bonchev–Trinajstić information content (AvgIpc) is 2.95. The van der Waals surface area contributed by atoms with E-state index in [-0.39, 0.29) is 32.5 Å². The number of carboxylic acid groups (broad SMARTS) is 1. The normalized spacial score (nSPS) is 11.2. The maximum absolute atomic E-state index is 13.4. The third-order valence-electron chi connectivity index (χ3n) is 6.26. The minimum atomic E-state index is -1.23. The first-order valence-corrected chi connectivity index (χ1v) is 14.5. The lowest BCUT2D eigenvalue weighted by molar-refractivity contribution is -0.146. The van der Waals surface area contributed by atoms with Crippen LogP contribution >= 0.6 is 0 Å². The molecule has 0 bridgehead atoms. The molecule has 47 heavy (non-hydrogen) atoms. The van der Waals surface area contributed by atoms with E-state index in [1.54, 1.807) is 20.8 Å². The van der Waals surface area contributed by atoms with Gasteiger partial charge in [-0.25, -0.2) is 4.79 Å². The van der Waals surface area contributed by atoms with Crippen molar-refractivity contribution < 1.29 is 53.0 Å². The third kappa shape index (κ3) is 17.9. The van der Waals surface area contributed by atoms with Crippen molar-refractivity contribution in [2.45, 2.75) is 45.3 Å². The number of amides is 8. The number of nitrogens with zero attached hydrogens (tertiary/aromatic N) is 5. The topological polar surface area (TPSA) is 235 Å². The fourth-order valence-corrected chi connectivity index (χ4v) is 3.66. The molecule has 0 radical (unpaired) electrons. The van der Waals surface area contributed by atoms with Gasteiger partial charge in [-0.1, -0.05) is 0 Å². The number of rotatable bonds is 19. The van der Waals surface area contributed by atoms with Crippen LogP contribution in [0.15, 0.2) is 0 Å². The Labute approximate surface area is 273 Å². The van der Waals surface area contributed by atoms with Gasteiger partial charge in [0.15, 0.2) is 0 Å². The molecule has 0 heterocycles. The Bertz CT molecular complexity index is 1160. The van der Waals surface area contributed by atoms with Gasteiger partial charge in [0.1, 0.15) is 18.2 Å². The summed E-state index contributed by atoms with van der Waals surface area (Å²) >= 11 is 0. The third-order valence-corrected chi connectivity index (χ3v) is 6.26. The van der Waals surface area contributed by atoms with E-state index in [0.29, 0.717) is 6.41 Å². The number of hydrogen-bond acceptors (Lipinski definition) is 10. The molecular weight excluding hydrogens is 624 g/mol. The number of nitrogens with one attached hydrogen (secondary N) is 3. The zero-order valence-corrected chi connectivity index (χ0v) is 28.3. The van der Waals surface area contributed by atoms with Gasteiger partial charge in [0.05, 0.1) is 32.7 Å². The smallest absolute Gasteiger partial charge is 0.407 e. The van der Waals surface area contributed by atoms with Gasteiger partial charge in [0, 0.05) is 41.8 Å². The van der Waals surface area contributed by atoms with Crippen molar-refractivity contribution in [3.05, 3.63) is 0 Å². The Morgan fingerprint density at radius 2 is 1.19 bits per heavy atom. The summed E-state index contributed by atoms with van der Waals surface area (Å²) < 4.78 is 5.18. The van der Waals surface area contributed by atoms with Crippen LogP contribution in [0.2, 0.25) is 0 Å². The van der Waals surface area contributed by atoms with E-state index in [4.69, 9.17) is 9.84 Å². The van der Waals surface area contributed by atoms with Gasteiger partial charge in [0.2, 0.25) is 41.9 Å². The Morgan fingerprint density at radius 1 is 0.723 bits per heavy atom. The van der Waals surface area contributed by atoms with E-state index in [2.05, 4.69) is 16.0 Å². The van der Waals surface area contributed by atoms with Crippen molar-refractivity contribution in [3.63, 3.8) is 0 Å². The van der Waals surface area contributed by atoms with E-state index < -0.39 is 85.3 Å². The molecule has 4 N–H and O–H groups in total. The number of ether oxygens (including phenoxy) is 1. The van der Waals surface area contributed by atoms with Crippen molar-refractivity contribution in [1.29, 1.82) is 0 Å². The Hall–Kier alpha value is -4.97. The first-order chi connectivity index (χ1) is 21.7. The minimum absolute atomic E-state index is 0.0197. The van der Waals surface area contributed by atoms with Crippen LogP contribution < -0.4 is 16.0 Å². The van der Waals surface area contributed by atoms with Gasteiger partial charge >= 0.3 is 12.1 Å². The monoisotopic (exact) mass is 672 g/mol. The predicted octanol–water partition coefficient (Wildman–Crippen LogP) is -3.10. The summed E-state index contributed by atoms with van der Waals surface area (Å²) in [6.45, 7) is 2.52. The molecule has 19 heteroatoms. The highest BCUT2D eigenvalue weighted by molar-refractivity contribution is 5.93. The van der Waals surface area contributed by atoms with Crippen LogP contribution in [-0.2, 0) is 43.1 Å². The van der Waals surface area contributed by atoms with Crippen LogP contribution in [0.4, 0.5) is 4.79 Å². The highest BCUT2D eigenvalue weighted by atomic mass is 16.6. The molecule has 266 valence electrons. The molecule has 0 spiro atoms. The molecule has 0 aromatic heterocycles. The predicted molar refractivity (Wildman–Crippen MR) is 165 cm³/mol. The molecule has 0 saturated carbocycles. The quantitative estimate of drug-likeness (QED) is 0.0792. The van der Waals surface area contributed by atoms with E-state index >= 15 is 0 Å². The zero-order chi connectivity index (χ0) is 36.5. The number of aliphatic carboxylic acids is 1. The average molecular weight is 673 g/mol. The second-order valence-electron chi connectivity index (χ2n) is 11.8. The molecule has 0 saturated heterocycles. The summed E-state index contributed by atoms with van der Waals surface area (Å²) in [5, 5.41) is 16.1. The lowest BCUT2D eigenvalue weighted by Crippen LogP contribution is -2.52. The van der Waals surface area contributed by atoms with Gasteiger partial charge < -0.3 is 50.3 Å². The highest BCUT2D eigenvalue weighted by Crippen LogP contribution is 2.07. The molecular formula is C28H48N8O11. The summed E-state index contributed by atoms with van der Waals surface area (Å²) in [5.74, 6) is -5.02. The van der Waals surface area contributed by atoms with Crippen LogP contribution in [0.3, 0.4) is 0 Å².